The summed E-state index contributed by atoms with van der Waals surface area (Å²) in [5, 5.41) is 11.3. The molecule has 4 bridgehead atoms. The van der Waals surface area contributed by atoms with Crippen LogP contribution < -0.4 is 10.5 Å². The third-order valence-electron chi connectivity index (χ3n) is 6.60. The van der Waals surface area contributed by atoms with Crippen LogP contribution >= 0.6 is 0 Å². The molecule has 5 aliphatic rings. The van der Waals surface area contributed by atoms with Crippen LogP contribution in [0.5, 0.6) is 5.75 Å². The fraction of sp³-hybridized carbons (Fsp3) is 0.556. The lowest BCUT2D eigenvalue weighted by molar-refractivity contribution is -0.384. The fourth-order valence-electron chi connectivity index (χ4n) is 5.86. The van der Waals surface area contributed by atoms with Gasteiger partial charge in [-0.25, -0.2) is 0 Å². The molecule has 6 rings (SSSR count). The SMILES string of the molecule is Nc1ccc2c(c1[N+](=O)[O-])C=CC1(O2)C2CC3CC(C2)CC1C3. The van der Waals surface area contributed by atoms with Crippen LogP contribution in [0.2, 0.25) is 0 Å². The average molecular weight is 312 g/mol. The Morgan fingerprint density at radius 3 is 2.39 bits per heavy atom. The molecule has 2 N–H and O–H groups in total. The summed E-state index contributed by atoms with van der Waals surface area (Å²) in [5.41, 5.74) is 6.24. The fourth-order valence-corrected chi connectivity index (χ4v) is 5.86. The molecule has 1 aromatic rings. The van der Waals surface area contributed by atoms with E-state index in [1.807, 2.05) is 6.08 Å². The lowest BCUT2D eigenvalue weighted by Gasteiger charge is -2.60. The van der Waals surface area contributed by atoms with Crippen molar-refractivity contribution in [2.24, 2.45) is 23.7 Å². The van der Waals surface area contributed by atoms with E-state index in [0.717, 1.165) is 11.8 Å². The summed E-state index contributed by atoms with van der Waals surface area (Å²) in [4.78, 5) is 10.9. The monoisotopic (exact) mass is 312 g/mol. The Morgan fingerprint density at radius 2 is 1.78 bits per heavy atom. The van der Waals surface area contributed by atoms with Gasteiger partial charge in [0, 0.05) is 11.8 Å². The second-order valence-electron chi connectivity index (χ2n) is 7.77. The van der Waals surface area contributed by atoms with Crippen molar-refractivity contribution in [3.8, 4) is 5.75 Å². The lowest BCUT2D eigenvalue weighted by Crippen LogP contribution is -2.60. The van der Waals surface area contributed by atoms with Gasteiger partial charge in [0.05, 0.1) is 10.5 Å². The zero-order chi connectivity index (χ0) is 15.8. The molecule has 4 aliphatic carbocycles. The Balaban J connectivity index is 1.60. The molecule has 4 fully saturated rings. The van der Waals surface area contributed by atoms with Gasteiger partial charge in [0.1, 0.15) is 17.0 Å². The van der Waals surface area contributed by atoms with E-state index in [1.165, 1.54) is 32.1 Å². The molecule has 0 atom stereocenters. The van der Waals surface area contributed by atoms with Crippen LogP contribution in [0.15, 0.2) is 18.2 Å². The Kier molecular flexibility index (Phi) is 2.49. The zero-order valence-corrected chi connectivity index (χ0v) is 12.9. The minimum atomic E-state index is -0.406. The van der Waals surface area contributed by atoms with Crippen molar-refractivity contribution < 1.29 is 9.66 Å². The van der Waals surface area contributed by atoms with Crippen LogP contribution in [0.3, 0.4) is 0 Å². The minimum Gasteiger partial charge on any atom is -0.482 e. The molecule has 1 spiro atoms. The average Bonchev–Trinajstić information content (AvgIpc) is 2.51. The molecule has 0 amide bonds. The maximum atomic E-state index is 11.3. The van der Waals surface area contributed by atoms with E-state index in [0.29, 0.717) is 23.1 Å². The van der Waals surface area contributed by atoms with Gasteiger partial charge >= 0.3 is 5.69 Å². The molecule has 0 radical (unpaired) electrons. The maximum absolute atomic E-state index is 11.3. The molecule has 0 saturated heterocycles. The van der Waals surface area contributed by atoms with Gasteiger partial charge in [-0.2, -0.15) is 0 Å². The quantitative estimate of drug-likeness (QED) is 0.486. The van der Waals surface area contributed by atoms with Crippen LogP contribution in [0.25, 0.3) is 6.08 Å². The second kappa shape index (κ2) is 4.28. The first-order chi connectivity index (χ1) is 11.1. The summed E-state index contributed by atoms with van der Waals surface area (Å²) < 4.78 is 6.50. The van der Waals surface area contributed by atoms with Crippen LogP contribution in [-0.2, 0) is 0 Å². The predicted octanol–water partition coefficient (Wildman–Crippen LogP) is 3.78. The largest absolute Gasteiger partial charge is 0.482 e. The molecule has 0 unspecified atom stereocenters. The predicted molar refractivity (Wildman–Crippen MR) is 86.9 cm³/mol. The van der Waals surface area contributed by atoms with Crippen molar-refractivity contribution in [3.05, 3.63) is 33.9 Å². The Morgan fingerprint density at radius 1 is 1.13 bits per heavy atom. The minimum absolute atomic E-state index is 0.0302. The van der Waals surface area contributed by atoms with E-state index in [1.54, 1.807) is 12.1 Å². The van der Waals surface area contributed by atoms with E-state index in [-0.39, 0.29) is 17.0 Å². The highest BCUT2D eigenvalue weighted by Gasteiger charge is 2.58. The number of rotatable bonds is 1. The van der Waals surface area contributed by atoms with Crippen LogP contribution in [0.1, 0.15) is 37.7 Å². The molecule has 1 heterocycles. The van der Waals surface area contributed by atoms with Gasteiger partial charge in [-0.1, -0.05) is 0 Å². The van der Waals surface area contributed by atoms with Crippen LogP contribution in [0.4, 0.5) is 11.4 Å². The van der Waals surface area contributed by atoms with Crippen molar-refractivity contribution in [1.29, 1.82) is 0 Å². The molecule has 0 aromatic heterocycles. The highest BCUT2D eigenvalue weighted by Crippen LogP contribution is 2.61. The number of nitrogens with zero attached hydrogens (tertiary/aromatic N) is 1. The van der Waals surface area contributed by atoms with E-state index < -0.39 is 4.92 Å². The molecule has 1 aromatic carbocycles. The molecule has 1 aliphatic heterocycles. The lowest BCUT2D eigenvalue weighted by atomic mass is 9.49. The van der Waals surface area contributed by atoms with Gasteiger partial charge in [-0.05, 0) is 68.2 Å². The van der Waals surface area contributed by atoms with Crippen molar-refractivity contribution in [3.63, 3.8) is 0 Å². The number of anilines is 1. The van der Waals surface area contributed by atoms with Crippen LogP contribution in [-0.4, -0.2) is 10.5 Å². The number of nitro benzene ring substituents is 1. The molecule has 5 heteroatoms. The summed E-state index contributed by atoms with van der Waals surface area (Å²) in [6.45, 7) is 0. The first-order valence-electron chi connectivity index (χ1n) is 8.52. The Labute approximate surface area is 134 Å². The number of hydrogen-bond donors (Lipinski definition) is 1. The summed E-state index contributed by atoms with van der Waals surface area (Å²) in [6, 6.07) is 3.40. The number of hydrogen-bond acceptors (Lipinski definition) is 4. The van der Waals surface area contributed by atoms with Crippen LogP contribution in [0, 0.1) is 33.8 Å². The Bertz CT molecular complexity index is 712. The highest BCUT2D eigenvalue weighted by atomic mass is 16.6. The summed E-state index contributed by atoms with van der Waals surface area (Å²) in [6.07, 6.45) is 10.4. The molecule has 5 nitrogen and oxygen atoms in total. The normalized spacial score (nSPS) is 39.3. The van der Waals surface area contributed by atoms with Crippen molar-refractivity contribution in [2.75, 3.05) is 5.73 Å². The molecule has 120 valence electrons. The van der Waals surface area contributed by atoms with Crippen molar-refractivity contribution >= 4 is 17.5 Å². The van der Waals surface area contributed by atoms with E-state index in [9.17, 15) is 10.1 Å². The number of nitro groups is 1. The number of fused-ring (bicyclic) bond motifs is 1. The first kappa shape index (κ1) is 13.4. The number of benzene rings is 1. The topological polar surface area (TPSA) is 78.4 Å². The second-order valence-corrected chi connectivity index (χ2v) is 7.77. The number of nitrogen functional groups attached to an aromatic ring is 1. The van der Waals surface area contributed by atoms with Gasteiger partial charge in [0.2, 0.25) is 0 Å². The summed E-state index contributed by atoms with van der Waals surface area (Å²) >= 11 is 0. The number of nitrogens with two attached hydrogens (primary N) is 1. The molecular weight excluding hydrogens is 292 g/mol. The summed E-state index contributed by atoms with van der Waals surface area (Å²) in [7, 11) is 0. The highest BCUT2D eigenvalue weighted by molar-refractivity contribution is 5.78. The van der Waals surface area contributed by atoms with Crippen molar-refractivity contribution in [2.45, 2.75) is 37.7 Å². The maximum Gasteiger partial charge on any atom is 0.302 e. The third kappa shape index (κ3) is 1.68. The molecule has 4 saturated carbocycles. The molecular formula is C18H20N2O3. The first-order valence-corrected chi connectivity index (χ1v) is 8.52. The van der Waals surface area contributed by atoms with E-state index >= 15 is 0 Å². The Hall–Kier alpha value is -2.04. The summed E-state index contributed by atoms with van der Waals surface area (Å²) in [5.74, 6) is 3.46. The molecule has 23 heavy (non-hydrogen) atoms. The van der Waals surface area contributed by atoms with Gasteiger partial charge < -0.3 is 10.5 Å². The van der Waals surface area contributed by atoms with E-state index in [4.69, 9.17) is 10.5 Å². The van der Waals surface area contributed by atoms with Gasteiger partial charge in [0.25, 0.3) is 0 Å². The zero-order valence-electron chi connectivity index (χ0n) is 12.9. The standard InChI is InChI=1S/C18H20N2O3/c19-15-1-2-16-14(17(15)20(21)22)3-4-18(23-16)12-6-10-5-11(8-12)9-13(18)7-10/h1-4,10-13H,5-9,19H2. The third-order valence-corrected chi connectivity index (χ3v) is 6.60. The van der Waals surface area contributed by atoms with Gasteiger partial charge in [-0.3, -0.25) is 10.1 Å². The smallest absolute Gasteiger partial charge is 0.302 e. The van der Waals surface area contributed by atoms with Gasteiger partial charge in [-0.15, -0.1) is 0 Å². The van der Waals surface area contributed by atoms with Gasteiger partial charge in [0.15, 0.2) is 0 Å². The van der Waals surface area contributed by atoms with E-state index in [2.05, 4.69) is 6.08 Å². The van der Waals surface area contributed by atoms with Crippen molar-refractivity contribution in [1.82, 2.24) is 0 Å². The number of ether oxygens (including phenoxy) is 1.